The van der Waals surface area contributed by atoms with Crippen molar-refractivity contribution in [1.29, 1.82) is 0 Å². The summed E-state index contributed by atoms with van der Waals surface area (Å²) in [5.74, 6) is 1.77. The first-order chi connectivity index (χ1) is 9.24. The molecule has 1 fully saturated rings. The number of nitrogen functional groups attached to an aromatic ring is 1. The van der Waals surface area contributed by atoms with E-state index >= 15 is 0 Å². The first kappa shape index (κ1) is 12.2. The number of anilines is 2. The van der Waals surface area contributed by atoms with Crippen molar-refractivity contribution in [2.24, 2.45) is 5.92 Å². The second kappa shape index (κ2) is 5.03. The predicted molar refractivity (Wildman–Crippen MR) is 75.8 cm³/mol. The third kappa shape index (κ3) is 2.47. The molecule has 3 rings (SSSR count). The standard InChI is InChI=1S/C13H20N6/c1-8(9-5-3-2-4-6-9)16-11-10-7-15-19-12(10)18-13(14)17-11/h7-9H,2-6H2,1H3,(H4,14,15,16,17,18,19). The number of rotatable bonds is 3. The number of hydrogen-bond acceptors (Lipinski definition) is 5. The third-order valence-electron chi connectivity index (χ3n) is 4.05. The van der Waals surface area contributed by atoms with E-state index < -0.39 is 0 Å². The van der Waals surface area contributed by atoms with E-state index in [1.54, 1.807) is 6.20 Å². The molecular weight excluding hydrogens is 240 g/mol. The Morgan fingerprint density at radius 3 is 2.89 bits per heavy atom. The van der Waals surface area contributed by atoms with Gasteiger partial charge in [-0.05, 0) is 25.7 Å². The monoisotopic (exact) mass is 260 g/mol. The number of nitrogens with zero attached hydrogens (tertiary/aromatic N) is 3. The second-order valence-corrected chi connectivity index (χ2v) is 5.39. The minimum Gasteiger partial charge on any atom is -0.368 e. The molecule has 0 spiro atoms. The van der Waals surface area contributed by atoms with Crippen molar-refractivity contribution < 1.29 is 0 Å². The Bertz CT molecular complexity index is 557. The molecule has 1 saturated carbocycles. The quantitative estimate of drug-likeness (QED) is 0.787. The van der Waals surface area contributed by atoms with Gasteiger partial charge in [0, 0.05) is 6.04 Å². The van der Waals surface area contributed by atoms with Crippen LogP contribution < -0.4 is 11.1 Å². The first-order valence-corrected chi connectivity index (χ1v) is 6.97. The van der Waals surface area contributed by atoms with E-state index in [4.69, 9.17) is 5.73 Å². The van der Waals surface area contributed by atoms with E-state index in [1.165, 1.54) is 32.1 Å². The summed E-state index contributed by atoms with van der Waals surface area (Å²) in [5.41, 5.74) is 6.41. The maximum Gasteiger partial charge on any atom is 0.224 e. The van der Waals surface area contributed by atoms with Crippen LogP contribution in [0.3, 0.4) is 0 Å². The highest BCUT2D eigenvalue weighted by Crippen LogP contribution is 2.29. The Labute approximate surface area is 112 Å². The van der Waals surface area contributed by atoms with Crippen LogP contribution in [0.5, 0.6) is 0 Å². The molecule has 0 aliphatic heterocycles. The van der Waals surface area contributed by atoms with Crippen LogP contribution in [0.2, 0.25) is 0 Å². The van der Waals surface area contributed by atoms with Gasteiger partial charge in [-0.25, -0.2) is 0 Å². The molecule has 1 atom stereocenters. The summed E-state index contributed by atoms with van der Waals surface area (Å²) in [4.78, 5) is 8.43. The number of nitrogens with one attached hydrogen (secondary N) is 2. The van der Waals surface area contributed by atoms with Gasteiger partial charge in [-0.2, -0.15) is 15.1 Å². The smallest absolute Gasteiger partial charge is 0.224 e. The number of nitrogens with two attached hydrogens (primary N) is 1. The molecular formula is C13H20N6. The van der Waals surface area contributed by atoms with E-state index in [1.807, 2.05) is 0 Å². The van der Waals surface area contributed by atoms with Gasteiger partial charge in [0.1, 0.15) is 5.82 Å². The van der Waals surface area contributed by atoms with Gasteiger partial charge in [0.15, 0.2) is 5.65 Å². The summed E-state index contributed by atoms with van der Waals surface area (Å²) >= 11 is 0. The van der Waals surface area contributed by atoms with Crippen LogP contribution in [0.15, 0.2) is 6.20 Å². The molecule has 102 valence electrons. The Balaban J connectivity index is 1.82. The number of aromatic amines is 1. The average molecular weight is 260 g/mol. The van der Waals surface area contributed by atoms with Crippen molar-refractivity contribution in [2.75, 3.05) is 11.1 Å². The van der Waals surface area contributed by atoms with Crippen LogP contribution in [0.4, 0.5) is 11.8 Å². The minimum absolute atomic E-state index is 0.273. The summed E-state index contributed by atoms with van der Waals surface area (Å²) < 4.78 is 0. The maximum atomic E-state index is 5.73. The SMILES string of the molecule is CC(Nc1nc(N)nc2[nH]ncc12)C1CCCCC1. The van der Waals surface area contributed by atoms with Crippen LogP contribution in [-0.4, -0.2) is 26.2 Å². The third-order valence-corrected chi connectivity index (χ3v) is 4.05. The zero-order valence-electron chi connectivity index (χ0n) is 11.2. The van der Waals surface area contributed by atoms with Crippen LogP contribution in [0.1, 0.15) is 39.0 Å². The lowest BCUT2D eigenvalue weighted by atomic mass is 9.84. The second-order valence-electron chi connectivity index (χ2n) is 5.39. The van der Waals surface area contributed by atoms with E-state index in [0.29, 0.717) is 17.6 Å². The van der Waals surface area contributed by atoms with Crippen molar-refractivity contribution >= 4 is 22.8 Å². The van der Waals surface area contributed by atoms with Gasteiger partial charge in [0.05, 0.1) is 11.6 Å². The molecule has 1 aliphatic rings. The highest BCUT2D eigenvalue weighted by Gasteiger charge is 2.21. The molecule has 6 nitrogen and oxygen atoms in total. The first-order valence-electron chi connectivity index (χ1n) is 6.97. The Morgan fingerprint density at radius 1 is 1.32 bits per heavy atom. The topological polar surface area (TPSA) is 92.5 Å². The fraction of sp³-hybridized carbons (Fsp3) is 0.615. The molecule has 0 bridgehead atoms. The maximum absolute atomic E-state index is 5.73. The molecule has 2 heterocycles. The van der Waals surface area contributed by atoms with Crippen LogP contribution in [-0.2, 0) is 0 Å². The zero-order chi connectivity index (χ0) is 13.2. The van der Waals surface area contributed by atoms with Gasteiger partial charge in [0.25, 0.3) is 0 Å². The molecule has 19 heavy (non-hydrogen) atoms. The molecule has 1 unspecified atom stereocenters. The van der Waals surface area contributed by atoms with Gasteiger partial charge < -0.3 is 11.1 Å². The normalized spacial score (nSPS) is 18.6. The molecule has 4 N–H and O–H groups in total. The Hall–Kier alpha value is -1.85. The van der Waals surface area contributed by atoms with Crippen molar-refractivity contribution in [3.05, 3.63) is 6.20 Å². The predicted octanol–water partition coefficient (Wildman–Crippen LogP) is 2.32. The van der Waals surface area contributed by atoms with Crippen molar-refractivity contribution in [3.63, 3.8) is 0 Å². The van der Waals surface area contributed by atoms with E-state index in [2.05, 4.69) is 32.4 Å². The number of fused-ring (bicyclic) bond motifs is 1. The van der Waals surface area contributed by atoms with E-state index in [-0.39, 0.29) is 5.95 Å². The summed E-state index contributed by atoms with van der Waals surface area (Å²) in [7, 11) is 0. The van der Waals surface area contributed by atoms with Crippen molar-refractivity contribution in [3.8, 4) is 0 Å². The summed E-state index contributed by atoms with van der Waals surface area (Å²) in [6, 6.07) is 0.396. The highest BCUT2D eigenvalue weighted by molar-refractivity contribution is 5.86. The highest BCUT2D eigenvalue weighted by atomic mass is 15.2. The summed E-state index contributed by atoms with van der Waals surface area (Å²) in [6.45, 7) is 2.22. The van der Waals surface area contributed by atoms with E-state index in [9.17, 15) is 0 Å². The van der Waals surface area contributed by atoms with Crippen molar-refractivity contribution in [2.45, 2.75) is 45.1 Å². The summed E-state index contributed by atoms with van der Waals surface area (Å²) in [6.07, 6.45) is 8.38. The molecule has 6 heteroatoms. The number of hydrogen-bond donors (Lipinski definition) is 3. The van der Waals surface area contributed by atoms with Gasteiger partial charge in [-0.15, -0.1) is 0 Å². The molecule has 2 aromatic heterocycles. The molecule has 0 saturated heterocycles. The van der Waals surface area contributed by atoms with Gasteiger partial charge in [-0.3, -0.25) is 5.10 Å². The number of H-pyrrole nitrogens is 1. The van der Waals surface area contributed by atoms with Crippen LogP contribution in [0.25, 0.3) is 11.0 Å². The molecule has 2 aromatic rings. The number of aromatic nitrogens is 4. The summed E-state index contributed by atoms with van der Waals surface area (Å²) in [5, 5.41) is 11.2. The van der Waals surface area contributed by atoms with Gasteiger partial charge in [-0.1, -0.05) is 19.3 Å². The van der Waals surface area contributed by atoms with Gasteiger partial charge >= 0.3 is 0 Å². The molecule has 1 aliphatic carbocycles. The fourth-order valence-corrected chi connectivity index (χ4v) is 2.93. The van der Waals surface area contributed by atoms with Crippen LogP contribution >= 0.6 is 0 Å². The molecule has 0 amide bonds. The average Bonchev–Trinajstić information content (AvgIpc) is 2.88. The van der Waals surface area contributed by atoms with E-state index in [0.717, 1.165) is 11.2 Å². The molecule has 0 radical (unpaired) electrons. The Kier molecular flexibility index (Phi) is 3.23. The lowest BCUT2D eigenvalue weighted by molar-refractivity contribution is 0.328. The molecule has 0 aromatic carbocycles. The van der Waals surface area contributed by atoms with Crippen molar-refractivity contribution in [1.82, 2.24) is 20.2 Å². The zero-order valence-corrected chi connectivity index (χ0v) is 11.2. The lowest BCUT2D eigenvalue weighted by Gasteiger charge is -2.28. The Morgan fingerprint density at radius 2 is 2.11 bits per heavy atom. The van der Waals surface area contributed by atoms with Crippen LogP contribution in [0, 0.1) is 5.92 Å². The minimum atomic E-state index is 0.273. The fourth-order valence-electron chi connectivity index (χ4n) is 2.93. The largest absolute Gasteiger partial charge is 0.368 e. The lowest BCUT2D eigenvalue weighted by Crippen LogP contribution is -2.28. The van der Waals surface area contributed by atoms with Gasteiger partial charge in [0.2, 0.25) is 5.95 Å².